The fraction of sp³-hybridized carbons (Fsp3) is 0.133. The quantitative estimate of drug-likeness (QED) is 0.653. The summed E-state index contributed by atoms with van der Waals surface area (Å²) in [7, 11) is 0. The van der Waals surface area contributed by atoms with Crippen LogP contribution in [0.5, 0.6) is 11.5 Å². The molecule has 0 unspecified atom stereocenters. The van der Waals surface area contributed by atoms with Crippen LogP contribution < -0.4 is 10.1 Å². The number of hydrogen-bond donors (Lipinski definition) is 2. The maximum atomic E-state index is 11.9. The molecular formula is C15H12Br2ClNO3. The minimum atomic E-state index is -0.308. The second-order valence-corrected chi connectivity index (χ2v) is 6.65. The molecule has 0 radical (unpaired) electrons. The number of ether oxygens (including phenoxy) is 1. The van der Waals surface area contributed by atoms with Crippen molar-refractivity contribution in [3.63, 3.8) is 0 Å². The van der Waals surface area contributed by atoms with Gasteiger partial charge in [-0.3, -0.25) is 4.79 Å². The van der Waals surface area contributed by atoms with Crippen LogP contribution in [-0.2, 0) is 4.79 Å². The van der Waals surface area contributed by atoms with E-state index in [0.29, 0.717) is 25.4 Å². The summed E-state index contributed by atoms with van der Waals surface area (Å²) in [6.45, 7) is 1.73. The van der Waals surface area contributed by atoms with Crippen LogP contribution in [0.2, 0.25) is 5.02 Å². The molecular weight excluding hydrogens is 437 g/mol. The molecule has 0 heterocycles. The molecule has 2 aromatic carbocycles. The van der Waals surface area contributed by atoms with Gasteiger partial charge < -0.3 is 15.2 Å². The molecule has 1 amide bonds. The molecule has 0 aliphatic carbocycles. The van der Waals surface area contributed by atoms with Gasteiger partial charge in [-0.15, -0.1) is 0 Å². The number of carbonyl (C=O) groups excluding carboxylic acids is 1. The van der Waals surface area contributed by atoms with E-state index in [9.17, 15) is 9.90 Å². The summed E-state index contributed by atoms with van der Waals surface area (Å²) >= 11 is 12.3. The number of halogens is 3. The number of carbonyl (C=O) groups is 1. The van der Waals surface area contributed by atoms with Gasteiger partial charge in [0.1, 0.15) is 11.5 Å². The van der Waals surface area contributed by atoms with E-state index in [0.717, 1.165) is 5.56 Å². The third-order valence-corrected chi connectivity index (χ3v) is 4.43. The molecule has 2 aromatic rings. The second kappa shape index (κ2) is 7.35. The van der Waals surface area contributed by atoms with E-state index in [1.54, 1.807) is 30.3 Å². The number of hydrogen-bond acceptors (Lipinski definition) is 3. The Balaban J connectivity index is 1.97. The Morgan fingerprint density at radius 1 is 1.27 bits per heavy atom. The van der Waals surface area contributed by atoms with Gasteiger partial charge in [0.2, 0.25) is 0 Å². The summed E-state index contributed by atoms with van der Waals surface area (Å²) < 4.78 is 6.37. The van der Waals surface area contributed by atoms with Gasteiger partial charge in [0.15, 0.2) is 6.61 Å². The van der Waals surface area contributed by atoms with Crippen molar-refractivity contribution in [3.05, 3.63) is 49.9 Å². The van der Waals surface area contributed by atoms with Crippen molar-refractivity contribution in [2.24, 2.45) is 0 Å². The molecule has 2 rings (SSSR count). The first-order chi connectivity index (χ1) is 10.4. The SMILES string of the molecule is Cc1cc(OCC(=O)Nc2cc(Br)c(O)c(Br)c2)ccc1Cl. The van der Waals surface area contributed by atoms with Crippen molar-refractivity contribution in [2.45, 2.75) is 6.92 Å². The fourth-order valence-corrected chi connectivity index (χ4v) is 2.99. The lowest BCUT2D eigenvalue weighted by atomic mass is 10.2. The van der Waals surface area contributed by atoms with Crippen molar-refractivity contribution >= 4 is 55.1 Å². The molecule has 0 saturated heterocycles. The third-order valence-electron chi connectivity index (χ3n) is 2.80. The highest BCUT2D eigenvalue weighted by atomic mass is 79.9. The Labute approximate surface area is 149 Å². The van der Waals surface area contributed by atoms with Crippen LogP contribution in [-0.4, -0.2) is 17.6 Å². The van der Waals surface area contributed by atoms with Crippen LogP contribution in [0.15, 0.2) is 39.3 Å². The average molecular weight is 450 g/mol. The molecule has 0 atom stereocenters. The number of phenols is 1. The highest BCUT2D eigenvalue weighted by Crippen LogP contribution is 2.35. The van der Waals surface area contributed by atoms with E-state index >= 15 is 0 Å². The first kappa shape index (κ1) is 17.1. The zero-order valence-electron chi connectivity index (χ0n) is 11.5. The van der Waals surface area contributed by atoms with Crippen molar-refractivity contribution in [1.29, 1.82) is 0 Å². The van der Waals surface area contributed by atoms with Crippen LogP contribution in [0, 0.1) is 6.92 Å². The molecule has 0 bridgehead atoms. The Bertz CT molecular complexity index is 699. The maximum absolute atomic E-state index is 11.9. The number of anilines is 1. The lowest BCUT2D eigenvalue weighted by Crippen LogP contribution is -2.20. The van der Waals surface area contributed by atoms with Crippen molar-refractivity contribution in [2.75, 3.05) is 11.9 Å². The molecule has 0 aliphatic heterocycles. The molecule has 0 spiro atoms. The number of nitrogens with one attached hydrogen (secondary N) is 1. The second-order valence-electron chi connectivity index (χ2n) is 4.54. The van der Waals surface area contributed by atoms with Gasteiger partial charge >= 0.3 is 0 Å². The molecule has 4 nitrogen and oxygen atoms in total. The largest absolute Gasteiger partial charge is 0.506 e. The highest BCUT2D eigenvalue weighted by molar-refractivity contribution is 9.11. The van der Waals surface area contributed by atoms with Gasteiger partial charge in [-0.05, 0) is 74.7 Å². The van der Waals surface area contributed by atoms with Crippen molar-refractivity contribution < 1.29 is 14.6 Å². The Morgan fingerprint density at radius 2 is 1.91 bits per heavy atom. The highest BCUT2D eigenvalue weighted by Gasteiger charge is 2.09. The van der Waals surface area contributed by atoms with Gasteiger partial charge in [0, 0.05) is 10.7 Å². The van der Waals surface area contributed by atoms with Gasteiger partial charge in [0.25, 0.3) is 5.91 Å². The number of amides is 1. The summed E-state index contributed by atoms with van der Waals surface area (Å²) in [6, 6.07) is 8.40. The Hall–Kier alpha value is -1.24. The van der Waals surface area contributed by atoms with E-state index in [2.05, 4.69) is 37.2 Å². The van der Waals surface area contributed by atoms with Crippen LogP contribution in [0.4, 0.5) is 5.69 Å². The minimum absolute atomic E-state index is 0.0749. The summed E-state index contributed by atoms with van der Waals surface area (Å²) in [5, 5.41) is 13.0. The number of phenolic OH excluding ortho intramolecular Hbond substituents is 1. The van der Waals surface area contributed by atoms with Gasteiger partial charge in [-0.2, -0.15) is 0 Å². The van der Waals surface area contributed by atoms with E-state index in [-0.39, 0.29) is 18.3 Å². The normalized spacial score (nSPS) is 10.4. The molecule has 22 heavy (non-hydrogen) atoms. The molecule has 2 N–H and O–H groups in total. The monoisotopic (exact) mass is 447 g/mol. The lowest BCUT2D eigenvalue weighted by Gasteiger charge is -2.10. The van der Waals surface area contributed by atoms with Crippen molar-refractivity contribution in [1.82, 2.24) is 0 Å². The predicted molar refractivity (Wildman–Crippen MR) is 93.8 cm³/mol. The standard InChI is InChI=1S/C15H12Br2ClNO3/c1-8-4-10(2-3-13(8)18)22-7-14(20)19-9-5-11(16)15(21)12(17)6-9/h2-6,21H,7H2,1H3,(H,19,20). The van der Waals surface area contributed by atoms with Gasteiger partial charge in [0.05, 0.1) is 8.95 Å². The number of benzene rings is 2. The van der Waals surface area contributed by atoms with E-state index < -0.39 is 0 Å². The van der Waals surface area contributed by atoms with E-state index in [1.165, 1.54) is 0 Å². The Kier molecular flexibility index (Phi) is 5.72. The number of aryl methyl sites for hydroxylation is 1. The van der Waals surface area contributed by atoms with Gasteiger partial charge in [-0.1, -0.05) is 11.6 Å². The summed E-state index contributed by atoms with van der Waals surface area (Å²) in [6.07, 6.45) is 0. The molecule has 0 aliphatic rings. The number of rotatable bonds is 4. The molecule has 7 heteroatoms. The molecule has 116 valence electrons. The average Bonchev–Trinajstić information content (AvgIpc) is 2.46. The third kappa shape index (κ3) is 4.38. The predicted octanol–water partition coefficient (Wildman–Crippen LogP) is 4.90. The molecule has 0 saturated carbocycles. The summed E-state index contributed by atoms with van der Waals surface area (Å²) in [5.74, 6) is 0.341. The van der Waals surface area contributed by atoms with Crippen LogP contribution in [0.3, 0.4) is 0 Å². The zero-order valence-corrected chi connectivity index (χ0v) is 15.4. The molecule has 0 fully saturated rings. The maximum Gasteiger partial charge on any atom is 0.262 e. The van der Waals surface area contributed by atoms with Crippen molar-refractivity contribution in [3.8, 4) is 11.5 Å². The minimum Gasteiger partial charge on any atom is -0.506 e. The fourth-order valence-electron chi connectivity index (χ4n) is 1.69. The van der Waals surface area contributed by atoms with Crippen LogP contribution in [0.1, 0.15) is 5.56 Å². The van der Waals surface area contributed by atoms with E-state index in [1.807, 2.05) is 6.92 Å². The first-order valence-electron chi connectivity index (χ1n) is 6.23. The van der Waals surface area contributed by atoms with Gasteiger partial charge in [-0.25, -0.2) is 0 Å². The lowest BCUT2D eigenvalue weighted by molar-refractivity contribution is -0.118. The van der Waals surface area contributed by atoms with Crippen LogP contribution >= 0.6 is 43.5 Å². The molecule has 0 aromatic heterocycles. The van der Waals surface area contributed by atoms with E-state index in [4.69, 9.17) is 16.3 Å². The Morgan fingerprint density at radius 3 is 2.50 bits per heavy atom. The number of aromatic hydroxyl groups is 1. The smallest absolute Gasteiger partial charge is 0.262 e. The summed E-state index contributed by atoms with van der Waals surface area (Å²) in [4.78, 5) is 11.9. The summed E-state index contributed by atoms with van der Waals surface area (Å²) in [5.41, 5.74) is 1.42. The topological polar surface area (TPSA) is 58.6 Å². The first-order valence-corrected chi connectivity index (χ1v) is 8.20. The zero-order chi connectivity index (χ0) is 16.3. The van der Waals surface area contributed by atoms with Crippen LogP contribution in [0.25, 0.3) is 0 Å².